The van der Waals surface area contributed by atoms with Crippen LogP contribution in [0, 0.1) is 5.82 Å². The quantitative estimate of drug-likeness (QED) is 0.779. The van der Waals surface area contributed by atoms with Gasteiger partial charge in [0.05, 0.1) is 5.69 Å². The molecule has 0 amide bonds. The Kier molecular flexibility index (Phi) is 4.89. The molecule has 0 radical (unpaired) electrons. The van der Waals surface area contributed by atoms with Gasteiger partial charge in [-0.15, -0.1) is 11.3 Å². The summed E-state index contributed by atoms with van der Waals surface area (Å²) >= 11 is 0.675. The zero-order valence-electron chi connectivity index (χ0n) is 13.1. The first-order valence-electron chi connectivity index (χ1n) is 7.56. The number of piperazine rings is 1. The lowest BCUT2D eigenvalue weighted by molar-refractivity contribution is -0.137. The smallest absolute Gasteiger partial charge is 0.304 e. The minimum atomic E-state index is -4.47. The molecule has 130 valence electrons. The van der Waals surface area contributed by atoms with Gasteiger partial charge < -0.3 is 4.90 Å². The van der Waals surface area contributed by atoms with E-state index in [0.717, 1.165) is 26.2 Å². The van der Waals surface area contributed by atoms with Gasteiger partial charge in [-0.3, -0.25) is 4.90 Å². The molecule has 3 nitrogen and oxygen atoms in total. The normalized spacial score (nSPS) is 17.4. The Labute approximate surface area is 141 Å². The molecule has 1 aromatic heterocycles. The fraction of sp³-hybridized carbons (Fsp3) is 0.438. The van der Waals surface area contributed by atoms with Gasteiger partial charge in [0.1, 0.15) is 5.82 Å². The third kappa shape index (κ3) is 3.93. The number of thiazole rings is 1. The third-order valence-corrected chi connectivity index (χ3v) is 5.11. The summed E-state index contributed by atoms with van der Waals surface area (Å²) in [7, 11) is 2.02. The summed E-state index contributed by atoms with van der Waals surface area (Å²) in [6.07, 6.45) is -4.47. The molecule has 0 atom stereocenters. The molecule has 1 aromatic carbocycles. The summed E-state index contributed by atoms with van der Waals surface area (Å²) in [5.41, 5.74) is 0.804. The molecule has 0 unspecified atom stereocenters. The molecular formula is C16H17F4N3S. The number of benzene rings is 1. The predicted octanol–water partition coefficient (Wildman–Crippen LogP) is 3.72. The molecule has 0 saturated carbocycles. The van der Waals surface area contributed by atoms with Gasteiger partial charge >= 0.3 is 6.18 Å². The Bertz CT molecular complexity index is 688. The van der Waals surface area contributed by atoms with Gasteiger partial charge in [-0.05, 0) is 31.3 Å². The monoisotopic (exact) mass is 359 g/mol. The maximum absolute atomic E-state index is 13.1. The van der Waals surface area contributed by atoms with Crippen LogP contribution in [0.5, 0.6) is 0 Å². The summed E-state index contributed by atoms with van der Waals surface area (Å²) in [6.45, 7) is 3.80. The molecule has 8 heteroatoms. The zero-order valence-corrected chi connectivity index (χ0v) is 13.9. The average molecular weight is 359 g/mol. The van der Waals surface area contributed by atoms with Crippen molar-refractivity contribution in [2.75, 3.05) is 33.2 Å². The van der Waals surface area contributed by atoms with Gasteiger partial charge in [0.2, 0.25) is 0 Å². The van der Waals surface area contributed by atoms with E-state index in [2.05, 4.69) is 14.8 Å². The number of likely N-dealkylation sites (N-methyl/N-ethyl adjacent to an activating group) is 1. The molecule has 1 fully saturated rings. The van der Waals surface area contributed by atoms with Gasteiger partial charge in [0.25, 0.3) is 0 Å². The van der Waals surface area contributed by atoms with Crippen LogP contribution in [0.15, 0.2) is 24.3 Å². The van der Waals surface area contributed by atoms with E-state index in [1.165, 1.54) is 24.3 Å². The standard InChI is InChI=1S/C16H17F4N3S/c1-22-6-8-23(9-7-22)10-13-14(11-2-4-12(17)5-3-11)21-15(24-13)16(18,19)20/h2-5H,6-10H2,1H3. The Balaban J connectivity index is 1.91. The first kappa shape index (κ1) is 17.3. The first-order chi connectivity index (χ1) is 11.3. The Morgan fingerprint density at radius 1 is 1.08 bits per heavy atom. The Hall–Kier alpha value is -1.51. The highest BCUT2D eigenvalue weighted by Gasteiger charge is 2.36. The number of alkyl halides is 3. The summed E-state index contributed by atoms with van der Waals surface area (Å²) in [5.74, 6) is -0.425. The molecule has 2 heterocycles. The van der Waals surface area contributed by atoms with Crippen molar-refractivity contribution in [3.05, 3.63) is 40.0 Å². The maximum atomic E-state index is 13.1. The van der Waals surface area contributed by atoms with Crippen LogP contribution in [-0.4, -0.2) is 48.0 Å². The fourth-order valence-electron chi connectivity index (χ4n) is 2.62. The van der Waals surface area contributed by atoms with E-state index in [4.69, 9.17) is 0 Å². The van der Waals surface area contributed by atoms with Crippen LogP contribution >= 0.6 is 11.3 Å². The molecular weight excluding hydrogens is 342 g/mol. The van der Waals surface area contributed by atoms with Crippen molar-refractivity contribution in [3.63, 3.8) is 0 Å². The molecule has 3 rings (SSSR count). The van der Waals surface area contributed by atoms with Gasteiger partial charge in [-0.25, -0.2) is 9.37 Å². The van der Waals surface area contributed by atoms with Crippen molar-refractivity contribution in [1.29, 1.82) is 0 Å². The lowest BCUT2D eigenvalue weighted by atomic mass is 10.1. The molecule has 24 heavy (non-hydrogen) atoms. The van der Waals surface area contributed by atoms with E-state index in [0.29, 0.717) is 34.0 Å². The zero-order chi connectivity index (χ0) is 17.3. The summed E-state index contributed by atoms with van der Waals surface area (Å²) in [6, 6.07) is 5.42. The molecule has 1 aliphatic rings. The van der Waals surface area contributed by atoms with Crippen LogP contribution in [0.1, 0.15) is 9.88 Å². The van der Waals surface area contributed by atoms with Crippen molar-refractivity contribution in [2.24, 2.45) is 0 Å². The Morgan fingerprint density at radius 2 is 1.71 bits per heavy atom. The van der Waals surface area contributed by atoms with Crippen LogP contribution in [-0.2, 0) is 12.7 Å². The second-order valence-corrected chi connectivity index (χ2v) is 6.96. The highest BCUT2D eigenvalue weighted by Crippen LogP contribution is 2.38. The molecule has 0 aliphatic carbocycles. The van der Waals surface area contributed by atoms with E-state index >= 15 is 0 Å². The fourth-order valence-corrected chi connectivity index (χ4v) is 3.62. The van der Waals surface area contributed by atoms with Crippen LogP contribution in [0.4, 0.5) is 17.6 Å². The second-order valence-electron chi connectivity index (χ2n) is 5.87. The van der Waals surface area contributed by atoms with Crippen molar-refractivity contribution in [2.45, 2.75) is 12.7 Å². The number of rotatable bonds is 3. The minimum absolute atomic E-state index is 0.297. The number of halogens is 4. The van der Waals surface area contributed by atoms with Gasteiger partial charge in [0, 0.05) is 43.2 Å². The van der Waals surface area contributed by atoms with Crippen molar-refractivity contribution < 1.29 is 17.6 Å². The molecule has 2 aromatic rings. The van der Waals surface area contributed by atoms with E-state index in [9.17, 15) is 17.6 Å². The maximum Gasteiger partial charge on any atom is 0.443 e. The summed E-state index contributed by atoms with van der Waals surface area (Å²) < 4.78 is 52.3. The first-order valence-corrected chi connectivity index (χ1v) is 8.38. The summed E-state index contributed by atoms with van der Waals surface area (Å²) in [4.78, 5) is 8.68. The molecule has 1 aliphatic heterocycles. The van der Waals surface area contributed by atoms with Crippen molar-refractivity contribution in [3.8, 4) is 11.3 Å². The number of hydrogen-bond acceptors (Lipinski definition) is 4. The van der Waals surface area contributed by atoms with Crippen molar-refractivity contribution in [1.82, 2.24) is 14.8 Å². The molecule has 0 spiro atoms. The minimum Gasteiger partial charge on any atom is -0.304 e. The SMILES string of the molecule is CN1CCN(Cc2sc(C(F)(F)F)nc2-c2ccc(F)cc2)CC1. The van der Waals surface area contributed by atoms with E-state index < -0.39 is 17.0 Å². The summed E-state index contributed by atoms with van der Waals surface area (Å²) in [5, 5.41) is -0.856. The van der Waals surface area contributed by atoms with Gasteiger partial charge in [-0.2, -0.15) is 13.2 Å². The van der Waals surface area contributed by atoms with Gasteiger partial charge in [0.15, 0.2) is 5.01 Å². The van der Waals surface area contributed by atoms with E-state index in [1.54, 1.807) is 0 Å². The highest BCUT2D eigenvalue weighted by molar-refractivity contribution is 7.12. The Morgan fingerprint density at radius 3 is 2.29 bits per heavy atom. The third-order valence-electron chi connectivity index (χ3n) is 4.02. The number of hydrogen-bond donors (Lipinski definition) is 0. The van der Waals surface area contributed by atoms with Crippen molar-refractivity contribution >= 4 is 11.3 Å². The van der Waals surface area contributed by atoms with Crippen LogP contribution in [0.25, 0.3) is 11.3 Å². The highest BCUT2D eigenvalue weighted by atomic mass is 32.1. The average Bonchev–Trinajstić information content (AvgIpc) is 2.94. The van der Waals surface area contributed by atoms with E-state index in [1.807, 2.05) is 7.05 Å². The predicted molar refractivity (Wildman–Crippen MR) is 85.3 cm³/mol. The lowest BCUT2D eigenvalue weighted by Crippen LogP contribution is -2.43. The van der Waals surface area contributed by atoms with Gasteiger partial charge in [-0.1, -0.05) is 0 Å². The van der Waals surface area contributed by atoms with Crippen LogP contribution in [0.3, 0.4) is 0 Å². The number of nitrogens with zero attached hydrogens (tertiary/aromatic N) is 3. The molecule has 0 bridgehead atoms. The topological polar surface area (TPSA) is 19.4 Å². The van der Waals surface area contributed by atoms with Crippen LogP contribution in [0.2, 0.25) is 0 Å². The largest absolute Gasteiger partial charge is 0.443 e. The molecule has 0 N–H and O–H groups in total. The number of aromatic nitrogens is 1. The second kappa shape index (κ2) is 6.78. The lowest BCUT2D eigenvalue weighted by Gasteiger charge is -2.32. The van der Waals surface area contributed by atoms with Crippen LogP contribution < -0.4 is 0 Å². The molecule has 1 saturated heterocycles. The van der Waals surface area contributed by atoms with E-state index in [-0.39, 0.29) is 0 Å².